The molecule has 4 heteroatoms. The zero-order chi connectivity index (χ0) is 13.4. The average molecular weight is 335 g/mol. The summed E-state index contributed by atoms with van der Waals surface area (Å²) in [7, 11) is 0. The molecule has 1 heterocycles. The lowest BCUT2D eigenvalue weighted by atomic mass is 10.1. The minimum atomic E-state index is 0.580. The molecule has 3 rings (SSSR count). The zero-order valence-corrected chi connectivity index (χ0v) is 13.4. The van der Waals surface area contributed by atoms with Gasteiger partial charge in [-0.1, -0.05) is 17.8 Å². The first kappa shape index (κ1) is 13.1. The first-order valence-corrected chi connectivity index (χ1v) is 8.02. The molecule has 1 aromatic heterocycles. The molecule has 1 fully saturated rings. The lowest BCUT2D eigenvalue weighted by Gasteiger charge is -2.06. The highest BCUT2D eigenvalue weighted by atomic mass is 79.9. The quantitative estimate of drug-likeness (QED) is 0.747. The lowest BCUT2D eigenvalue weighted by molar-refractivity contribution is 0.866. The molecular formula is C15H15BrN2S. The van der Waals surface area contributed by atoms with Crippen molar-refractivity contribution >= 4 is 27.7 Å². The van der Waals surface area contributed by atoms with Crippen LogP contribution >= 0.6 is 27.7 Å². The van der Waals surface area contributed by atoms with Crippen molar-refractivity contribution in [1.29, 1.82) is 0 Å². The molecule has 0 bridgehead atoms. The number of nitrogens with zero attached hydrogens (tertiary/aromatic N) is 2. The molecule has 0 N–H and O–H groups in total. The van der Waals surface area contributed by atoms with Crippen LogP contribution in [0.3, 0.4) is 0 Å². The Kier molecular flexibility index (Phi) is 3.63. The van der Waals surface area contributed by atoms with Gasteiger partial charge in [-0.3, -0.25) is 0 Å². The molecule has 1 aromatic carbocycles. The average Bonchev–Trinajstić information content (AvgIpc) is 3.17. The third kappa shape index (κ3) is 3.18. The molecule has 0 radical (unpaired) electrons. The van der Waals surface area contributed by atoms with Crippen LogP contribution in [-0.2, 0) is 0 Å². The Morgan fingerprint density at radius 3 is 2.58 bits per heavy atom. The fourth-order valence-corrected chi connectivity index (χ4v) is 3.36. The molecule has 0 spiro atoms. The summed E-state index contributed by atoms with van der Waals surface area (Å²) in [5.74, 6) is 1.57. The van der Waals surface area contributed by atoms with Gasteiger partial charge in [0.1, 0.15) is 15.5 Å². The predicted molar refractivity (Wildman–Crippen MR) is 81.7 cm³/mol. The highest BCUT2D eigenvalue weighted by Crippen LogP contribution is 2.39. The topological polar surface area (TPSA) is 25.8 Å². The summed E-state index contributed by atoms with van der Waals surface area (Å²) >= 11 is 5.19. The predicted octanol–water partition coefficient (Wildman–Crippen LogP) is 4.88. The van der Waals surface area contributed by atoms with E-state index < -0.39 is 0 Å². The molecule has 0 atom stereocenters. The van der Waals surface area contributed by atoms with Crippen LogP contribution < -0.4 is 0 Å². The van der Waals surface area contributed by atoms with Crippen molar-refractivity contribution in [3.05, 3.63) is 45.8 Å². The Bertz CT molecular complexity index is 624. The van der Waals surface area contributed by atoms with Gasteiger partial charge >= 0.3 is 0 Å². The summed E-state index contributed by atoms with van der Waals surface area (Å²) < 4.78 is 0.885. The maximum Gasteiger partial charge on any atom is 0.134 e. The fraction of sp³-hybridized carbons (Fsp3) is 0.333. The first-order chi connectivity index (χ1) is 9.11. The molecule has 0 amide bonds. The summed E-state index contributed by atoms with van der Waals surface area (Å²) in [6, 6.07) is 8.52. The van der Waals surface area contributed by atoms with Gasteiger partial charge in [-0.2, -0.15) is 0 Å². The second kappa shape index (κ2) is 5.25. The Balaban J connectivity index is 1.87. The lowest BCUT2D eigenvalue weighted by Crippen LogP contribution is -1.94. The minimum Gasteiger partial charge on any atom is -0.226 e. The highest BCUT2D eigenvalue weighted by Gasteiger charge is 2.27. The second-order valence-electron chi connectivity index (χ2n) is 5.01. The van der Waals surface area contributed by atoms with Crippen LogP contribution in [-0.4, -0.2) is 9.97 Å². The summed E-state index contributed by atoms with van der Waals surface area (Å²) in [5, 5.41) is 1.02. The van der Waals surface area contributed by atoms with E-state index >= 15 is 0 Å². The molecule has 0 unspecified atom stereocenters. The summed E-state index contributed by atoms with van der Waals surface area (Å²) in [5.41, 5.74) is 2.65. The molecule has 1 aliphatic carbocycles. The van der Waals surface area contributed by atoms with Gasteiger partial charge in [-0.25, -0.2) is 9.97 Å². The van der Waals surface area contributed by atoms with E-state index in [-0.39, 0.29) is 0 Å². The van der Waals surface area contributed by atoms with Gasteiger partial charge in [0.15, 0.2) is 0 Å². The number of benzene rings is 1. The largest absolute Gasteiger partial charge is 0.226 e. The normalized spacial score (nSPS) is 14.7. The van der Waals surface area contributed by atoms with Crippen LogP contribution in [0.1, 0.15) is 35.7 Å². The van der Waals surface area contributed by atoms with E-state index in [2.05, 4.69) is 57.9 Å². The molecule has 1 saturated carbocycles. The Labute approximate surface area is 126 Å². The summed E-state index contributed by atoms with van der Waals surface area (Å²) in [4.78, 5) is 10.4. The number of hydrogen-bond acceptors (Lipinski definition) is 3. The molecule has 98 valence electrons. The van der Waals surface area contributed by atoms with Crippen LogP contribution in [0.25, 0.3) is 0 Å². The van der Waals surface area contributed by atoms with Gasteiger partial charge in [-0.05, 0) is 65.9 Å². The van der Waals surface area contributed by atoms with Gasteiger partial charge in [0.25, 0.3) is 0 Å². The van der Waals surface area contributed by atoms with Crippen LogP contribution in [0.4, 0.5) is 0 Å². The van der Waals surface area contributed by atoms with Crippen molar-refractivity contribution in [2.45, 2.75) is 42.5 Å². The minimum absolute atomic E-state index is 0.580. The summed E-state index contributed by atoms with van der Waals surface area (Å²) in [6.07, 6.45) is 2.45. The fourth-order valence-electron chi connectivity index (χ4n) is 1.89. The molecule has 2 aromatic rings. The van der Waals surface area contributed by atoms with Gasteiger partial charge in [0.2, 0.25) is 0 Å². The molecule has 0 aliphatic heterocycles. The van der Waals surface area contributed by atoms with Crippen molar-refractivity contribution in [3.63, 3.8) is 0 Å². The number of aromatic nitrogens is 2. The van der Waals surface area contributed by atoms with Crippen molar-refractivity contribution in [2.75, 3.05) is 0 Å². The number of rotatable bonds is 3. The zero-order valence-electron chi connectivity index (χ0n) is 11.0. The monoisotopic (exact) mass is 334 g/mol. The highest BCUT2D eigenvalue weighted by molar-refractivity contribution is 9.10. The van der Waals surface area contributed by atoms with E-state index in [1.165, 1.54) is 28.9 Å². The van der Waals surface area contributed by atoms with E-state index in [0.29, 0.717) is 5.92 Å². The van der Waals surface area contributed by atoms with Crippen molar-refractivity contribution in [2.24, 2.45) is 0 Å². The van der Waals surface area contributed by atoms with Crippen LogP contribution in [0.2, 0.25) is 0 Å². The smallest absolute Gasteiger partial charge is 0.134 e. The van der Waals surface area contributed by atoms with Gasteiger partial charge in [0, 0.05) is 16.9 Å². The molecule has 19 heavy (non-hydrogen) atoms. The van der Waals surface area contributed by atoms with E-state index in [1.807, 2.05) is 6.07 Å². The number of halogens is 1. The third-order valence-corrected chi connectivity index (χ3v) is 4.65. The van der Waals surface area contributed by atoms with Crippen LogP contribution in [0.15, 0.2) is 38.8 Å². The van der Waals surface area contributed by atoms with Crippen LogP contribution in [0, 0.1) is 13.8 Å². The molecule has 2 nitrogen and oxygen atoms in total. The van der Waals surface area contributed by atoms with E-state index in [4.69, 9.17) is 0 Å². The van der Waals surface area contributed by atoms with Gasteiger partial charge in [-0.15, -0.1) is 0 Å². The second-order valence-corrected chi connectivity index (χ2v) is 6.92. The van der Waals surface area contributed by atoms with E-state index in [1.54, 1.807) is 11.8 Å². The molecule has 0 saturated heterocycles. The maximum absolute atomic E-state index is 4.66. The SMILES string of the molecule is Cc1ccc(Sc2cc(Br)nc(C3CC3)n2)cc1C. The van der Waals surface area contributed by atoms with Gasteiger partial charge < -0.3 is 0 Å². The molecular weight excluding hydrogens is 320 g/mol. The third-order valence-electron chi connectivity index (χ3n) is 3.33. The Hall–Kier alpha value is -0.870. The molecule has 1 aliphatic rings. The van der Waals surface area contributed by atoms with Crippen molar-refractivity contribution in [3.8, 4) is 0 Å². The van der Waals surface area contributed by atoms with Gasteiger partial charge in [0.05, 0.1) is 0 Å². The summed E-state index contributed by atoms with van der Waals surface area (Å²) in [6.45, 7) is 4.28. The van der Waals surface area contributed by atoms with E-state index in [0.717, 1.165) is 15.5 Å². The van der Waals surface area contributed by atoms with Crippen LogP contribution in [0.5, 0.6) is 0 Å². The Morgan fingerprint density at radius 1 is 1.11 bits per heavy atom. The maximum atomic E-state index is 4.66. The Morgan fingerprint density at radius 2 is 1.89 bits per heavy atom. The van der Waals surface area contributed by atoms with Crippen molar-refractivity contribution < 1.29 is 0 Å². The number of hydrogen-bond donors (Lipinski definition) is 0. The van der Waals surface area contributed by atoms with E-state index in [9.17, 15) is 0 Å². The first-order valence-electron chi connectivity index (χ1n) is 6.41. The standard InChI is InChI=1S/C15H15BrN2S/c1-9-3-6-12(7-10(9)2)19-14-8-13(16)17-15(18-14)11-4-5-11/h3,6-8,11H,4-5H2,1-2H3. The van der Waals surface area contributed by atoms with Crippen molar-refractivity contribution in [1.82, 2.24) is 9.97 Å². The number of aryl methyl sites for hydroxylation is 2.